The van der Waals surface area contributed by atoms with Crippen molar-refractivity contribution in [2.24, 2.45) is 0 Å². The van der Waals surface area contributed by atoms with E-state index in [1.54, 1.807) is 19.2 Å². The summed E-state index contributed by atoms with van der Waals surface area (Å²) >= 11 is 3.02. The highest BCUT2D eigenvalue weighted by molar-refractivity contribution is 9.10. The standard InChI is InChI=1S/C14H14BrFN2O2S/c1-17-9-10-3-2-4-12(7-10)21(19,20)18-11-5-6-14(16)13(15)8-11/h2-8,17-18H,9H2,1H3. The largest absolute Gasteiger partial charge is 0.316 e. The summed E-state index contributed by atoms with van der Waals surface area (Å²) in [5.41, 5.74) is 1.16. The summed E-state index contributed by atoms with van der Waals surface area (Å²) in [6.07, 6.45) is 0. The van der Waals surface area contributed by atoms with Crippen molar-refractivity contribution in [3.8, 4) is 0 Å². The Morgan fingerprint density at radius 1 is 1.19 bits per heavy atom. The third kappa shape index (κ3) is 4.03. The average Bonchev–Trinajstić information content (AvgIpc) is 2.43. The van der Waals surface area contributed by atoms with Gasteiger partial charge in [-0.3, -0.25) is 4.72 Å². The van der Waals surface area contributed by atoms with E-state index in [0.29, 0.717) is 12.2 Å². The first-order valence-electron chi connectivity index (χ1n) is 6.14. The molecule has 7 heteroatoms. The molecule has 4 nitrogen and oxygen atoms in total. The number of halogens is 2. The maximum atomic E-state index is 13.2. The van der Waals surface area contributed by atoms with Gasteiger partial charge in [0.25, 0.3) is 10.0 Å². The second-order valence-electron chi connectivity index (χ2n) is 4.41. The van der Waals surface area contributed by atoms with Crippen molar-refractivity contribution < 1.29 is 12.8 Å². The second kappa shape index (κ2) is 6.55. The molecule has 0 amide bonds. The minimum atomic E-state index is -3.70. The van der Waals surface area contributed by atoms with Crippen LogP contribution in [0.5, 0.6) is 0 Å². The minimum Gasteiger partial charge on any atom is -0.316 e. The van der Waals surface area contributed by atoms with Gasteiger partial charge in [0.05, 0.1) is 15.1 Å². The fourth-order valence-electron chi connectivity index (χ4n) is 1.80. The Balaban J connectivity index is 2.29. The van der Waals surface area contributed by atoms with Crippen molar-refractivity contribution in [2.75, 3.05) is 11.8 Å². The van der Waals surface area contributed by atoms with Crippen LogP contribution in [-0.2, 0) is 16.6 Å². The number of rotatable bonds is 5. The summed E-state index contributed by atoms with van der Waals surface area (Å²) in [6.45, 7) is 0.575. The lowest BCUT2D eigenvalue weighted by atomic mass is 10.2. The van der Waals surface area contributed by atoms with Gasteiger partial charge in [0.2, 0.25) is 0 Å². The molecule has 2 N–H and O–H groups in total. The van der Waals surface area contributed by atoms with Crippen LogP contribution in [0, 0.1) is 5.82 Å². The molecule has 0 spiro atoms. The number of benzene rings is 2. The van der Waals surface area contributed by atoms with Crippen molar-refractivity contribution in [3.63, 3.8) is 0 Å². The highest BCUT2D eigenvalue weighted by Crippen LogP contribution is 2.22. The van der Waals surface area contributed by atoms with Crippen LogP contribution in [-0.4, -0.2) is 15.5 Å². The molecule has 0 fully saturated rings. The fourth-order valence-corrected chi connectivity index (χ4v) is 3.30. The zero-order chi connectivity index (χ0) is 15.5. The molecular formula is C14H14BrFN2O2S. The second-order valence-corrected chi connectivity index (χ2v) is 6.95. The Bertz CT molecular complexity index is 750. The Morgan fingerprint density at radius 2 is 1.95 bits per heavy atom. The normalized spacial score (nSPS) is 11.4. The van der Waals surface area contributed by atoms with Crippen molar-refractivity contribution in [1.29, 1.82) is 0 Å². The Morgan fingerprint density at radius 3 is 2.62 bits per heavy atom. The van der Waals surface area contributed by atoms with E-state index in [-0.39, 0.29) is 9.37 Å². The summed E-state index contributed by atoms with van der Waals surface area (Å²) in [6, 6.07) is 10.6. The lowest BCUT2D eigenvalue weighted by Gasteiger charge is -2.10. The van der Waals surface area contributed by atoms with Gasteiger partial charge in [-0.2, -0.15) is 0 Å². The summed E-state index contributed by atoms with van der Waals surface area (Å²) < 4.78 is 40.4. The average molecular weight is 373 g/mol. The van der Waals surface area contributed by atoms with Crippen LogP contribution in [0.3, 0.4) is 0 Å². The van der Waals surface area contributed by atoms with Gasteiger partial charge < -0.3 is 5.32 Å². The van der Waals surface area contributed by atoms with E-state index in [0.717, 1.165) is 5.56 Å². The number of hydrogen-bond acceptors (Lipinski definition) is 3. The fraction of sp³-hybridized carbons (Fsp3) is 0.143. The van der Waals surface area contributed by atoms with Gasteiger partial charge in [-0.1, -0.05) is 12.1 Å². The van der Waals surface area contributed by atoms with E-state index >= 15 is 0 Å². The van der Waals surface area contributed by atoms with Crippen molar-refractivity contribution >= 4 is 31.6 Å². The van der Waals surface area contributed by atoms with Crippen molar-refractivity contribution in [3.05, 3.63) is 58.3 Å². The summed E-state index contributed by atoms with van der Waals surface area (Å²) in [5, 5.41) is 2.96. The smallest absolute Gasteiger partial charge is 0.261 e. The van der Waals surface area contributed by atoms with E-state index < -0.39 is 15.8 Å². The highest BCUT2D eigenvalue weighted by Gasteiger charge is 2.15. The van der Waals surface area contributed by atoms with E-state index in [9.17, 15) is 12.8 Å². The quantitative estimate of drug-likeness (QED) is 0.847. The van der Waals surface area contributed by atoms with Crippen molar-refractivity contribution in [1.82, 2.24) is 5.32 Å². The topological polar surface area (TPSA) is 58.2 Å². The summed E-state index contributed by atoms with van der Waals surface area (Å²) in [7, 11) is -1.92. The minimum absolute atomic E-state index is 0.163. The predicted octanol–water partition coefficient (Wildman–Crippen LogP) is 3.11. The molecule has 2 aromatic carbocycles. The molecule has 112 valence electrons. The van der Waals surface area contributed by atoms with Gasteiger partial charge in [0.15, 0.2) is 0 Å². The molecule has 0 bridgehead atoms. The van der Waals surface area contributed by atoms with Crippen LogP contribution in [0.25, 0.3) is 0 Å². The van der Waals surface area contributed by atoms with Crippen LogP contribution in [0.1, 0.15) is 5.56 Å². The van der Waals surface area contributed by atoms with E-state index in [2.05, 4.69) is 26.0 Å². The van der Waals surface area contributed by atoms with Crippen LogP contribution in [0.4, 0.5) is 10.1 Å². The van der Waals surface area contributed by atoms with Gasteiger partial charge in [-0.25, -0.2) is 12.8 Å². The molecule has 0 aliphatic heterocycles. The van der Waals surface area contributed by atoms with Gasteiger partial charge in [-0.15, -0.1) is 0 Å². The Kier molecular flexibility index (Phi) is 4.97. The van der Waals surface area contributed by atoms with Crippen LogP contribution >= 0.6 is 15.9 Å². The van der Waals surface area contributed by atoms with Crippen LogP contribution in [0.2, 0.25) is 0 Å². The molecule has 0 aliphatic rings. The van der Waals surface area contributed by atoms with Gasteiger partial charge >= 0.3 is 0 Å². The maximum Gasteiger partial charge on any atom is 0.261 e. The van der Waals surface area contributed by atoms with Crippen LogP contribution in [0.15, 0.2) is 51.8 Å². The summed E-state index contributed by atoms with van der Waals surface area (Å²) in [4.78, 5) is 0.163. The molecule has 21 heavy (non-hydrogen) atoms. The lowest BCUT2D eigenvalue weighted by Crippen LogP contribution is -2.14. The van der Waals surface area contributed by atoms with Gasteiger partial charge in [-0.05, 0) is 58.9 Å². The Hall–Kier alpha value is -1.44. The van der Waals surface area contributed by atoms with Gasteiger partial charge in [0.1, 0.15) is 5.82 Å². The molecule has 0 atom stereocenters. The number of anilines is 1. The monoisotopic (exact) mass is 372 g/mol. The highest BCUT2D eigenvalue weighted by atomic mass is 79.9. The maximum absolute atomic E-state index is 13.2. The zero-order valence-corrected chi connectivity index (χ0v) is 13.6. The Labute approximate surface area is 131 Å². The SMILES string of the molecule is CNCc1cccc(S(=O)(=O)Nc2ccc(F)c(Br)c2)c1. The first-order valence-corrected chi connectivity index (χ1v) is 8.41. The molecule has 0 aromatic heterocycles. The molecule has 0 saturated heterocycles. The summed E-state index contributed by atoms with van der Waals surface area (Å²) in [5.74, 6) is -0.450. The number of sulfonamides is 1. The zero-order valence-electron chi connectivity index (χ0n) is 11.2. The molecule has 0 radical (unpaired) electrons. The number of hydrogen-bond donors (Lipinski definition) is 2. The first-order chi connectivity index (χ1) is 9.92. The first kappa shape index (κ1) is 15.9. The van der Waals surface area contributed by atoms with E-state index in [1.807, 2.05) is 6.07 Å². The molecule has 0 unspecified atom stereocenters. The third-order valence-corrected chi connectivity index (χ3v) is 4.75. The molecule has 0 saturated carbocycles. The lowest BCUT2D eigenvalue weighted by molar-refractivity contribution is 0.600. The van der Waals surface area contributed by atoms with E-state index in [1.165, 1.54) is 24.3 Å². The molecule has 0 heterocycles. The molecule has 2 rings (SSSR count). The van der Waals surface area contributed by atoms with Crippen LogP contribution < -0.4 is 10.0 Å². The number of nitrogens with one attached hydrogen (secondary N) is 2. The predicted molar refractivity (Wildman–Crippen MR) is 84.1 cm³/mol. The third-order valence-electron chi connectivity index (χ3n) is 2.76. The molecule has 0 aliphatic carbocycles. The van der Waals surface area contributed by atoms with Gasteiger partial charge in [0, 0.05) is 6.54 Å². The van der Waals surface area contributed by atoms with Crippen molar-refractivity contribution in [2.45, 2.75) is 11.4 Å². The molecular weight excluding hydrogens is 359 g/mol. The van der Waals surface area contributed by atoms with E-state index in [4.69, 9.17) is 0 Å². The molecule has 2 aromatic rings.